The lowest BCUT2D eigenvalue weighted by Crippen LogP contribution is -2.46. The van der Waals surface area contributed by atoms with E-state index >= 15 is 0 Å². The van der Waals surface area contributed by atoms with Crippen molar-refractivity contribution in [3.8, 4) is 6.07 Å². The number of hydrogen-bond acceptors (Lipinski definition) is 3. The number of nitriles is 1. The molecular weight excluding hydrogens is 235 g/mol. The molecule has 2 N–H and O–H groups in total. The SMILES string of the molecule is N#Cc1c(F)cccc1NC1(CC(=O)O)CCC1. The molecule has 0 atom stereocenters. The number of carbonyl (C=O) groups is 1. The topological polar surface area (TPSA) is 73.1 Å². The number of nitrogens with zero attached hydrogens (tertiary/aromatic N) is 1. The molecule has 1 aromatic rings. The molecule has 0 spiro atoms. The maximum Gasteiger partial charge on any atom is 0.305 e. The molecule has 1 aliphatic rings. The van der Waals surface area contributed by atoms with E-state index in [0.29, 0.717) is 5.69 Å². The minimum absolute atomic E-state index is 0.0195. The maximum atomic E-state index is 13.4. The number of carboxylic acid groups (broad SMARTS) is 1. The highest BCUT2D eigenvalue weighted by Crippen LogP contribution is 2.39. The molecule has 5 heteroatoms. The summed E-state index contributed by atoms with van der Waals surface area (Å²) >= 11 is 0. The number of rotatable bonds is 4. The van der Waals surface area contributed by atoms with Crippen LogP contribution < -0.4 is 5.32 Å². The summed E-state index contributed by atoms with van der Waals surface area (Å²) in [5.74, 6) is -1.48. The smallest absolute Gasteiger partial charge is 0.305 e. The van der Waals surface area contributed by atoms with Gasteiger partial charge in [0, 0.05) is 5.54 Å². The van der Waals surface area contributed by atoms with Gasteiger partial charge < -0.3 is 10.4 Å². The van der Waals surface area contributed by atoms with Crippen molar-refractivity contribution >= 4 is 11.7 Å². The molecule has 1 saturated carbocycles. The van der Waals surface area contributed by atoms with Crippen LogP contribution in [0.3, 0.4) is 0 Å². The Morgan fingerprint density at radius 1 is 1.56 bits per heavy atom. The van der Waals surface area contributed by atoms with Gasteiger partial charge in [0.2, 0.25) is 0 Å². The Kier molecular flexibility index (Phi) is 3.19. The third-order valence-electron chi connectivity index (χ3n) is 3.33. The highest BCUT2D eigenvalue weighted by Gasteiger charge is 2.39. The van der Waals surface area contributed by atoms with Gasteiger partial charge in [-0.15, -0.1) is 0 Å². The lowest BCUT2D eigenvalue weighted by Gasteiger charge is -2.42. The number of aliphatic carboxylic acids is 1. The number of nitrogens with one attached hydrogen (secondary N) is 1. The third-order valence-corrected chi connectivity index (χ3v) is 3.33. The fourth-order valence-electron chi connectivity index (χ4n) is 2.27. The maximum absolute atomic E-state index is 13.4. The molecule has 4 nitrogen and oxygen atoms in total. The van der Waals surface area contributed by atoms with E-state index < -0.39 is 17.3 Å². The minimum atomic E-state index is -0.892. The number of benzene rings is 1. The van der Waals surface area contributed by atoms with E-state index in [9.17, 15) is 9.18 Å². The van der Waals surface area contributed by atoms with Gasteiger partial charge in [-0.3, -0.25) is 4.79 Å². The Balaban J connectivity index is 2.26. The van der Waals surface area contributed by atoms with Crippen LogP contribution in [-0.4, -0.2) is 16.6 Å². The van der Waals surface area contributed by atoms with E-state index in [1.165, 1.54) is 12.1 Å². The molecule has 0 amide bonds. The van der Waals surface area contributed by atoms with Crippen molar-refractivity contribution in [2.24, 2.45) is 0 Å². The molecule has 0 radical (unpaired) electrons. The second kappa shape index (κ2) is 4.65. The normalized spacial score (nSPS) is 16.4. The van der Waals surface area contributed by atoms with Gasteiger partial charge in [0.25, 0.3) is 0 Å². The summed E-state index contributed by atoms with van der Waals surface area (Å²) in [5, 5.41) is 20.9. The molecule has 1 fully saturated rings. The average Bonchev–Trinajstić information content (AvgIpc) is 2.25. The molecule has 0 heterocycles. The van der Waals surface area contributed by atoms with Crippen molar-refractivity contribution in [2.75, 3.05) is 5.32 Å². The van der Waals surface area contributed by atoms with Crippen LogP contribution in [0.1, 0.15) is 31.2 Å². The first-order valence-corrected chi connectivity index (χ1v) is 5.75. The predicted molar refractivity (Wildman–Crippen MR) is 63.6 cm³/mol. The predicted octanol–water partition coefficient (Wildman–Crippen LogP) is 2.51. The highest BCUT2D eigenvalue weighted by atomic mass is 19.1. The summed E-state index contributed by atoms with van der Waals surface area (Å²) in [7, 11) is 0. The van der Waals surface area contributed by atoms with Gasteiger partial charge in [-0.25, -0.2) is 4.39 Å². The summed E-state index contributed by atoms with van der Waals surface area (Å²) in [6.07, 6.45) is 2.37. The third kappa shape index (κ3) is 2.28. The standard InChI is InChI=1S/C13H13FN2O2/c14-10-3-1-4-11(9(10)8-15)16-13(5-2-6-13)7-12(17)18/h1,3-4,16H,2,5-7H2,(H,17,18). The molecule has 94 valence electrons. The minimum Gasteiger partial charge on any atom is -0.481 e. The van der Waals surface area contributed by atoms with Crippen LogP contribution in [0.2, 0.25) is 0 Å². The van der Waals surface area contributed by atoms with E-state index in [1.54, 1.807) is 12.1 Å². The molecule has 18 heavy (non-hydrogen) atoms. The van der Waals surface area contributed by atoms with Crippen LogP contribution in [0.25, 0.3) is 0 Å². The average molecular weight is 248 g/mol. The lowest BCUT2D eigenvalue weighted by molar-refractivity contribution is -0.138. The molecule has 0 bridgehead atoms. The van der Waals surface area contributed by atoms with E-state index in [1.807, 2.05) is 0 Å². The van der Waals surface area contributed by atoms with Crippen molar-refractivity contribution in [3.05, 3.63) is 29.6 Å². The number of halogens is 1. The van der Waals surface area contributed by atoms with Crippen molar-refractivity contribution in [1.82, 2.24) is 0 Å². The Morgan fingerprint density at radius 3 is 2.78 bits per heavy atom. The summed E-state index contributed by atoms with van der Waals surface area (Å²) in [6, 6.07) is 6.13. The van der Waals surface area contributed by atoms with Gasteiger partial charge in [-0.2, -0.15) is 5.26 Å². The van der Waals surface area contributed by atoms with Gasteiger partial charge >= 0.3 is 5.97 Å². The van der Waals surface area contributed by atoms with Crippen molar-refractivity contribution in [3.63, 3.8) is 0 Å². The number of carboxylic acids is 1. The molecule has 0 unspecified atom stereocenters. The molecule has 0 aliphatic heterocycles. The highest BCUT2D eigenvalue weighted by molar-refractivity contribution is 5.70. The monoisotopic (exact) mass is 248 g/mol. The summed E-state index contributed by atoms with van der Waals surface area (Å²) < 4.78 is 13.4. The molecule has 2 rings (SSSR count). The van der Waals surface area contributed by atoms with Crippen LogP contribution in [-0.2, 0) is 4.79 Å². The van der Waals surface area contributed by atoms with E-state index in [4.69, 9.17) is 10.4 Å². The zero-order chi connectivity index (χ0) is 13.2. The van der Waals surface area contributed by atoms with Gasteiger partial charge in [-0.05, 0) is 31.4 Å². The molecular formula is C13H13FN2O2. The van der Waals surface area contributed by atoms with Crippen LogP contribution in [0.4, 0.5) is 10.1 Å². The van der Waals surface area contributed by atoms with Crippen molar-refractivity contribution in [1.29, 1.82) is 5.26 Å². The Morgan fingerprint density at radius 2 is 2.28 bits per heavy atom. The second-order valence-electron chi connectivity index (χ2n) is 4.60. The van der Waals surface area contributed by atoms with Gasteiger partial charge in [0.15, 0.2) is 0 Å². The lowest BCUT2D eigenvalue weighted by atomic mass is 9.74. The van der Waals surface area contributed by atoms with Gasteiger partial charge in [0.1, 0.15) is 17.4 Å². The molecule has 1 aromatic carbocycles. The first kappa shape index (κ1) is 12.4. The van der Waals surface area contributed by atoms with E-state index in [0.717, 1.165) is 19.3 Å². The first-order valence-electron chi connectivity index (χ1n) is 5.75. The van der Waals surface area contributed by atoms with Gasteiger partial charge in [0.05, 0.1) is 12.1 Å². The number of hydrogen-bond donors (Lipinski definition) is 2. The van der Waals surface area contributed by atoms with Crippen LogP contribution >= 0.6 is 0 Å². The van der Waals surface area contributed by atoms with Crippen LogP contribution in [0.15, 0.2) is 18.2 Å². The Bertz CT molecular complexity index is 518. The largest absolute Gasteiger partial charge is 0.481 e. The summed E-state index contributed by atoms with van der Waals surface area (Å²) in [6.45, 7) is 0. The fraction of sp³-hybridized carbons (Fsp3) is 0.385. The zero-order valence-electron chi connectivity index (χ0n) is 9.74. The molecule has 0 aromatic heterocycles. The molecule has 0 saturated heterocycles. The van der Waals surface area contributed by atoms with Gasteiger partial charge in [-0.1, -0.05) is 6.07 Å². The van der Waals surface area contributed by atoms with E-state index in [-0.39, 0.29) is 12.0 Å². The second-order valence-corrected chi connectivity index (χ2v) is 4.60. The Hall–Kier alpha value is -2.09. The molecule has 1 aliphatic carbocycles. The quantitative estimate of drug-likeness (QED) is 0.858. The van der Waals surface area contributed by atoms with Crippen molar-refractivity contribution < 1.29 is 14.3 Å². The summed E-state index contributed by atoms with van der Waals surface area (Å²) in [5.41, 5.74) is -0.224. The number of anilines is 1. The summed E-state index contributed by atoms with van der Waals surface area (Å²) in [4.78, 5) is 10.8. The van der Waals surface area contributed by atoms with E-state index in [2.05, 4.69) is 5.32 Å². The first-order chi connectivity index (χ1) is 8.56. The van der Waals surface area contributed by atoms with Crippen LogP contribution in [0, 0.1) is 17.1 Å². The Labute approximate surface area is 104 Å². The fourth-order valence-corrected chi connectivity index (χ4v) is 2.27. The van der Waals surface area contributed by atoms with Crippen LogP contribution in [0.5, 0.6) is 0 Å². The zero-order valence-corrected chi connectivity index (χ0v) is 9.74. The van der Waals surface area contributed by atoms with Crippen molar-refractivity contribution in [2.45, 2.75) is 31.2 Å².